The summed E-state index contributed by atoms with van der Waals surface area (Å²) >= 11 is 0. The smallest absolute Gasteiger partial charge is 0.253 e. The van der Waals surface area contributed by atoms with Gasteiger partial charge in [0.25, 0.3) is 5.91 Å². The van der Waals surface area contributed by atoms with Crippen LogP contribution in [0.2, 0.25) is 0 Å². The van der Waals surface area contributed by atoms with E-state index in [1.807, 2.05) is 66.7 Å². The maximum Gasteiger partial charge on any atom is 0.253 e. The topological polar surface area (TPSA) is 74.6 Å². The molecule has 0 atom stereocenters. The molecule has 0 aliphatic carbocycles. The molecule has 6 nitrogen and oxygen atoms in total. The van der Waals surface area contributed by atoms with E-state index in [2.05, 4.69) is 10.6 Å². The second-order valence-electron chi connectivity index (χ2n) is 7.87. The summed E-state index contributed by atoms with van der Waals surface area (Å²) in [5, 5.41) is 6.23. The van der Waals surface area contributed by atoms with Gasteiger partial charge in [-0.1, -0.05) is 72.8 Å². The highest BCUT2D eigenvalue weighted by atomic mass is 16.3. The van der Waals surface area contributed by atoms with Gasteiger partial charge in [-0.2, -0.15) is 0 Å². The fraction of sp³-hybridized carbons (Fsp3) is 0.143. The third-order valence-corrected chi connectivity index (χ3v) is 5.61. The molecule has 0 saturated carbocycles. The van der Waals surface area contributed by atoms with E-state index in [1.54, 1.807) is 43.6 Å². The lowest BCUT2D eigenvalue weighted by atomic mass is 9.99. The standard InChI is InChI=1S/C28H27N3O3/c1-31(25-17-9-8-16-24(25)28(33)30-19-23-15-10-18-34-23)26(32)20-29-27(21-11-4-2-5-12-21)22-13-6-3-7-14-22/h2-18,27,29H,19-20H2,1H3,(H,30,33). The van der Waals surface area contributed by atoms with Gasteiger partial charge in [-0.15, -0.1) is 0 Å². The molecule has 0 aliphatic heterocycles. The largest absolute Gasteiger partial charge is 0.467 e. The van der Waals surface area contributed by atoms with E-state index in [1.165, 1.54) is 4.90 Å². The first-order chi connectivity index (χ1) is 16.6. The maximum atomic E-state index is 13.1. The second-order valence-corrected chi connectivity index (χ2v) is 7.87. The van der Waals surface area contributed by atoms with Crippen molar-refractivity contribution >= 4 is 17.5 Å². The van der Waals surface area contributed by atoms with Gasteiger partial charge in [0.1, 0.15) is 5.76 Å². The van der Waals surface area contributed by atoms with Crippen molar-refractivity contribution in [3.8, 4) is 0 Å². The molecule has 3 aromatic carbocycles. The highest BCUT2D eigenvalue weighted by Crippen LogP contribution is 2.23. The molecule has 4 aromatic rings. The van der Waals surface area contributed by atoms with Gasteiger partial charge in [0.2, 0.25) is 5.91 Å². The van der Waals surface area contributed by atoms with Crippen LogP contribution in [0.5, 0.6) is 0 Å². The summed E-state index contributed by atoms with van der Waals surface area (Å²) in [5.41, 5.74) is 3.11. The number of rotatable bonds is 9. The van der Waals surface area contributed by atoms with Crippen molar-refractivity contribution in [2.75, 3.05) is 18.5 Å². The summed E-state index contributed by atoms with van der Waals surface area (Å²) in [4.78, 5) is 27.5. The van der Waals surface area contributed by atoms with Crippen LogP contribution in [0.4, 0.5) is 5.69 Å². The lowest BCUT2D eigenvalue weighted by Crippen LogP contribution is -2.38. The van der Waals surface area contributed by atoms with E-state index >= 15 is 0 Å². The molecular weight excluding hydrogens is 426 g/mol. The monoisotopic (exact) mass is 453 g/mol. The minimum absolute atomic E-state index is 0.104. The molecular formula is C28H27N3O3. The van der Waals surface area contributed by atoms with E-state index in [4.69, 9.17) is 4.42 Å². The van der Waals surface area contributed by atoms with Gasteiger partial charge < -0.3 is 14.6 Å². The van der Waals surface area contributed by atoms with Crippen LogP contribution in [0.25, 0.3) is 0 Å². The van der Waals surface area contributed by atoms with E-state index in [0.29, 0.717) is 17.0 Å². The summed E-state index contributed by atoms with van der Waals surface area (Å²) in [7, 11) is 1.68. The minimum Gasteiger partial charge on any atom is -0.467 e. The fourth-order valence-corrected chi connectivity index (χ4v) is 3.80. The number of hydrogen-bond donors (Lipinski definition) is 2. The summed E-state index contributed by atoms with van der Waals surface area (Å²) < 4.78 is 5.28. The molecule has 0 spiro atoms. The summed E-state index contributed by atoms with van der Waals surface area (Å²) in [6, 6.07) is 30.5. The number of nitrogens with one attached hydrogen (secondary N) is 2. The van der Waals surface area contributed by atoms with Gasteiger partial charge in [0, 0.05) is 7.05 Å². The zero-order valence-electron chi connectivity index (χ0n) is 19.0. The van der Waals surface area contributed by atoms with Crippen LogP contribution in [-0.2, 0) is 11.3 Å². The van der Waals surface area contributed by atoms with Crippen molar-refractivity contribution in [2.24, 2.45) is 0 Å². The number of likely N-dealkylation sites (N-methyl/N-ethyl adjacent to an activating group) is 1. The number of amides is 2. The molecule has 4 rings (SSSR count). The highest BCUT2D eigenvalue weighted by molar-refractivity contribution is 6.05. The average Bonchev–Trinajstić information content (AvgIpc) is 3.42. The first-order valence-electron chi connectivity index (χ1n) is 11.1. The van der Waals surface area contributed by atoms with Crippen molar-refractivity contribution in [2.45, 2.75) is 12.6 Å². The van der Waals surface area contributed by atoms with Crippen LogP contribution in [0.3, 0.4) is 0 Å². The zero-order valence-corrected chi connectivity index (χ0v) is 19.0. The van der Waals surface area contributed by atoms with Crippen molar-refractivity contribution < 1.29 is 14.0 Å². The summed E-state index contributed by atoms with van der Waals surface area (Å²) in [6.45, 7) is 0.377. The van der Waals surface area contributed by atoms with E-state index in [0.717, 1.165) is 11.1 Å². The lowest BCUT2D eigenvalue weighted by molar-refractivity contribution is -0.117. The Hall–Kier alpha value is -4.16. The molecule has 34 heavy (non-hydrogen) atoms. The molecule has 172 valence electrons. The Morgan fingerprint density at radius 3 is 2.06 bits per heavy atom. The third-order valence-electron chi connectivity index (χ3n) is 5.61. The molecule has 0 bridgehead atoms. The quantitative estimate of drug-likeness (QED) is 0.390. The number of carbonyl (C=O) groups excluding carboxylic acids is 2. The van der Waals surface area contributed by atoms with E-state index in [9.17, 15) is 9.59 Å². The van der Waals surface area contributed by atoms with Crippen molar-refractivity contribution in [1.29, 1.82) is 0 Å². The Morgan fingerprint density at radius 2 is 1.44 bits per heavy atom. The SMILES string of the molecule is CN(C(=O)CNC(c1ccccc1)c1ccccc1)c1ccccc1C(=O)NCc1ccco1. The third kappa shape index (κ3) is 5.60. The number of benzene rings is 3. The van der Waals surface area contributed by atoms with Crippen LogP contribution in [0.1, 0.15) is 33.3 Å². The maximum absolute atomic E-state index is 13.1. The van der Waals surface area contributed by atoms with Gasteiger partial charge in [-0.05, 0) is 35.4 Å². The molecule has 1 aromatic heterocycles. The molecule has 2 N–H and O–H groups in total. The molecule has 1 heterocycles. The molecule has 2 amide bonds. The van der Waals surface area contributed by atoms with Crippen molar-refractivity contribution in [3.63, 3.8) is 0 Å². The normalized spacial score (nSPS) is 10.8. The first-order valence-corrected chi connectivity index (χ1v) is 11.1. The van der Waals surface area contributed by atoms with Crippen molar-refractivity contribution in [3.05, 3.63) is 126 Å². The minimum atomic E-state index is -0.272. The predicted molar refractivity (Wildman–Crippen MR) is 132 cm³/mol. The van der Waals surface area contributed by atoms with Crippen LogP contribution in [0.15, 0.2) is 108 Å². The van der Waals surface area contributed by atoms with Crippen LogP contribution in [-0.4, -0.2) is 25.4 Å². The first kappa shape index (κ1) is 23.0. The number of furan rings is 1. The zero-order chi connectivity index (χ0) is 23.8. The Labute approximate surface area is 199 Å². The Kier molecular flexibility index (Phi) is 7.53. The highest BCUT2D eigenvalue weighted by Gasteiger charge is 2.20. The Balaban J connectivity index is 1.46. The van der Waals surface area contributed by atoms with E-state index < -0.39 is 0 Å². The molecule has 0 radical (unpaired) electrons. The molecule has 0 aliphatic rings. The Morgan fingerprint density at radius 1 is 0.824 bits per heavy atom. The van der Waals surface area contributed by atoms with Crippen LogP contribution in [0, 0.1) is 0 Å². The second kappa shape index (κ2) is 11.1. The molecule has 0 saturated heterocycles. The summed E-state index contributed by atoms with van der Waals surface area (Å²) in [5.74, 6) is 0.238. The molecule has 6 heteroatoms. The Bertz CT molecular complexity index is 1170. The number of hydrogen-bond acceptors (Lipinski definition) is 4. The van der Waals surface area contributed by atoms with Crippen LogP contribution < -0.4 is 15.5 Å². The van der Waals surface area contributed by atoms with Gasteiger partial charge in [0.15, 0.2) is 0 Å². The number of carbonyl (C=O) groups is 2. The fourth-order valence-electron chi connectivity index (χ4n) is 3.80. The number of nitrogens with zero attached hydrogens (tertiary/aromatic N) is 1. The van der Waals surface area contributed by atoms with Gasteiger partial charge in [0.05, 0.1) is 36.6 Å². The predicted octanol–water partition coefficient (Wildman–Crippen LogP) is 4.55. The van der Waals surface area contributed by atoms with Crippen molar-refractivity contribution in [1.82, 2.24) is 10.6 Å². The summed E-state index contributed by atoms with van der Waals surface area (Å²) in [6.07, 6.45) is 1.56. The van der Waals surface area contributed by atoms with Gasteiger partial charge in [-0.25, -0.2) is 0 Å². The van der Waals surface area contributed by atoms with E-state index in [-0.39, 0.29) is 30.9 Å². The van der Waals surface area contributed by atoms with Gasteiger partial charge >= 0.3 is 0 Å². The molecule has 0 unspecified atom stereocenters. The lowest BCUT2D eigenvalue weighted by Gasteiger charge is -2.24. The average molecular weight is 454 g/mol. The molecule has 0 fully saturated rings. The number of anilines is 1. The number of para-hydroxylation sites is 1. The van der Waals surface area contributed by atoms with Gasteiger partial charge in [-0.3, -0.25) is 14.9 Å². The van der Waals surface area contributed by atoms with Crippen LogP contribution >= 0.6 is 0 Å².